The number of rotatable bonds is 3. The van der Waals surface area contributed by atoms with Crippen LogP contribution in [0.1, 0.15) is 32.9 Å². The van der Waals surface area contributed by atoms with E-state index < -0.39 is 0 Å². The zero-order valence-corrected chi connectivity index (χ0v) is 14.1. The highest BCUT2D eigenvalue weighted by molar-refractivity contribution is 9.10. The number of aryl methyl sites for hydroxylation is 2. The highest BCUT2D eigenvalue weighted by atomic mass is 79.9. The second kappa shape index (κ2) is 5.89. The van der Waals surface area contributed by atoms with E-state index in [2.05, 4.69) is 21.1 Å². The number of anilines is 1. The van der Waals surface area contributed by atoms with Gasteiger partial charge >= 0.3 is 0 Å². The van der Waals surface area contributed by atoms with E-state index in [-0.39, 0.29) is 5.91 Å². The Bertz CT molecular complexity index is 675. The summed E-state index contributed by atoms with van der Waals surface area (Å²) in [6, 6.07) is 3.58. The van der Waals surface area contributed by atoms with E-state index in [4.69, 9.17) is 10.3 Å². The van der Waals surface area contributed by atoms with Crippen molar-refractivity contribution < 1.29 is 9.32 Å². The normalized spacial score (nSPS) is 10.7. The van der Waals surface area contributed by atoms with Crippen LogP contribution in [0.25, 0.3) is 0 Å². The van der Waals surface area contributed by atoms with Crippen molar-refractivity contribution in [2.75, 3.05) is 12.8 Å². The number of carbonyl (C=O) groups excluding carboxylic acids is 1. The number of amides is 1. The first kappa shape index (κ1) is 15.6. The Morgan fingerprint density at radius 1 is 1.38 bits per heavy atom. The van der Waals surface area contributed by atoms with Gasteiger partial charge in [0.25, 0.3) is 5.91 Å². The minimum absolute atomic E-state index is 0.0829. The van der Waals surface area contributed by atoms with Gasteiger partial charge in [0, 0.05) is 28.3 Å². The van der Waals surface area contributed by atoms with Crippen LogP contribution >= 0.6 is 15.9 Å². The Balaban J connectivity index is 2.28. The number of aromatic nitrogens is 1. The summed E-state index contributed by atoms with van der Waals surface area (Å²) in [7, 11) is 1.75. The number of hydrogen-bond acceptors (Lipinski definition) is 4. The maximum absolute atomic E-state index is 12.6. The second-order valence-corrected chi connectivity index (χ2v) is 6.05. The first-order valence-electron chi connectivity index (χ1n) is 6.54. The van der Waals surface area contributed by atoms with E-state index >= 15 is 0 Å². The smallest absolute Gasteiger partial charge is 0.254 e. The molecule has 0 radical (unpaired) electrons. The molecule has 1 aromatic carbocycles. The summed E-state index contributed by atoms with van der Waals surface area (Å²) < 4.78 is 5.92. The average Bonchev–Trinajstić information content (AvgIpc) is 2.73. The third-order valence-corrected chi connectivity index (χ3v) is 4.02. The van der Waals surface area contributed by atoms with E-state index in [1.807, 2.05) is 20.8 Å². The third-order valence-electron chi connectivity index (χ3n) is 3.57. The molecule has 5 nitrogen and oxygen atoms in total. The van der Waals surface area contributed by atoms with E-state index in [1.54, 1.807) is 24.1 Å². The van der Waals surface area contributed by atoms with Crippen LogP contribution in [-0.2, 0) is 6.54 Å². The van der Waals surface area contributed by atoms with Crippen molar-refractivity contribution in [3.8, 4) is 0 Å². The molecular weight excluding hydrogens is 334 g/mol. The fraction of sp³-hybridized carbons (Fsp3) is 0.333. The van der Waals surface area contributed by atoms with Crippen molar-refractivity contribution in [2.24, 2.45) is 0 Å². The maximum atomic E-state index is 12.6. The van der Waals surface area contributed by atoms with Crippen molar-refractivity contribution >= 4 is 27.5 Å². The molecule has 2 rings (SSSR count). The topological polar surface area (TPSA) is 72.4 Å². The Morgan fingerprint density at radius 3 is 2.62 bits per heavy atom. The number of benzene rings is 1. The molecular formula is C15H18BrN3O2. The molecule has 1 amide bonds. The van der Waals surface area contributed by atoms with Gasteiger partial charge in [-0.1, -0.05) is 21.1 Å². The van der Waals surface area contributed by atoms with Gasteiger partial charge in [0.05, 0.1) is 12.2 Å². The molecule has 0 aliphatic rings. The predicted octanol–water partition coefficient (Wildman–Crippen LogP) is 3.22. The van der Waals surface area contributed by atoms with Crippen LogP contribution in [0.4, 0.5) is 5.69 Å². The first-order chi connectivity index (χ1) is 9.81. The maximum Gasteiger partial charge on any atom is 0.254 e. The Labute approximate surface area is 132 Å². The number of nitrogen functional groups attached to an aromatic ring is 1. The number of nitrogens with two attached hydrogens (primary N) is 1. The monoisotopic (exact) mass is 351 g/mol. The summed E-state index contributed by atoms with van der Waals surface area (Å²) in [5.41, 5.74) is 9.63. The van der Waals surface area contributed by atoms with Gasteiger partial charge < -0.3 is 15.2 Å². The summed E-state index contributed by atoms with van der Waals surface area (Å²) >= 11 is 3.37. The number of carbonyl (C=O) groups is 1. The molecule has 2 aromatic rings. The van der Waals surface area contributed by atoms with Crippen LogP contribution in [0.2, 0.25) is 0 Å². The minimum Gasteiger partial charge on any atom is -0.398 e. The van der Waals surface area contributed by atoms with Gasteiger partial charge in [-0.25, -0.2) is 0 Å². The zero-order chi connectivity index (χ0) is 15.7. The SMILES string of the molecule is Cc1noc(C)c1CN(C)C(=O)c1cc(Br)cc(N)c1C. The molecule has 1 aromatic heterocycles. The van der Waals surface area contributed by atoms with Crippen LogP contribution in [0, 0.1) is 20.8 Å². The van der Waals surface area contributed by atoms with E-state index in [0.29, 0.717) is 17.8 Å². The van der Waals surface area contributed by atoms with E-state index in [1.165, 1.54) is 0 Å². The lowest BCUT2D eigenvalue weighted by Crippen LogP contribution is -2.27. The largest absolute Gasteiger partial charge is 0.398 e. The molecule has 0 fully saturated rings. The molecule has 6 heteroatoms. The molecule has 0 bridgehead atoms. The van der Waals surface area contributed by atoms with Crippen LogP contribution in [0.3, 0.4) is 0 Å². The van der Waals surface area contributed by atoms with Gasteiger partial charge in [-0.15, -0.1) is 0 Å². The van der Waals surface area contributed by atoms with Crippen LogP contribution < -0.4 is 5.73 Å². The van der Waals surface area contributed by atoms with Gasteiger partial charge in [0.2, 0.25) is 0 Å². The molecule has 0 unspecified atom stereocenters. The average molecular weight is 352 g/mol. The van der Waals surface area contributed by atoms with Gasteiger partial charge in [-0.3, -0.25) is 4.79 Å². The molecule has 0 aliphatic carbocycles. The van der Waals surface area contributed by atoms with Crippen molar-refractivity contribution in [2.45, 2.75) is 27.3 Å². The number of nitrogens with zero attached hydrogens (tertiary/aromatic N) is 2. The minimum atomic E-state index is -0.0829. The molecule has 0 spiro atoms. The zero-order valence-electron chi connectivity index (χ0n) is 12.5. The number of halogens is 1. The molecule has 0 saturated heterocycles. The Morgan fingerprint density at radius 2 is 2.05 bits per heavy atom. The molecule has 0 atom stereocenters. The summed E-state index contributed by atoms with van der Waals surface area (Å²) in [5.74, 6) is 0.651. The van der Waals surface area contributed by atoms with Gasteiger partial charge in [-0.2, -0.15) is 0 Å². The molecule has 0 saturated carbocycles. The number of hydrogen-bond donors (Lipinski definition) is 1. The van der Waals surface area contributed by atoms with Crippen molar-refractivity contribution in [1.29, 1.82) is 0 Å². The lowest BCUT2D eigenvalue weighted by Gasteiger charge is -2.19. The van der Waals surface area contributed by atoms with Crippen molar-refractivity contribution in [1.82, 2.24) is 10.1 Å². The van der Waals surface area contributed by atoms with Crippen molar-refractivity contribution in [3.63, 3.8) is 0 Å². The predicted molar refractivity (Wildman–Crippen MR) is 85.1 cm³/mol. The summed E-state index contributed by atoms with van der Waals surface area (Å²) in [6.07, 6.45) is 0. The first-order valence-corrected chi connectivity index (χ1v) is 7.33. The van der Waals surface area contributed by atoms with Crippen LogP contribution in [-0.4, -0.2) is 23.0 Å². The van der Waals surface area contributed by atoms with Crippen LogP contribution in [0.15, 0.2) is 21.1 Å². The van der Waals surface area contributed by atoms with Crippen molar-refractivity contribution in [3.05, 3.63) is 44.7 Å². The molecule has 112 valence electrons. The highest BCUT2D eigenvalue weighted by Crippen LogP contribution is 2.24. The molecule has 0 aliphatic heterocycles. The standard InChI is InChI=1S/C15H18BrN3O2/c1-8-12(5-11(16)6-14(8)17)15(20)19(4)7-13-9(2)18-21-10(13)3/h5-6H,7,17H2,1-4H3. The lowest BCUT2D eigenvalue weighted by atomic mass is 10.1. The fourth-order valence-corrected chi connectivity index (χ4v) is 2.64. The van der Waals surface area contributed by atoms with Crippen LogP contribution in [0.5, 0.6) is 0 Å². The van der Waals surface area contributed by atoms with Gasteiger partial charge in [-0.05, 0) is 38.5 Å². The molecule has 21 heavy (non-hydrogen) atoms. The second-order valence-electron chi connectivity index (χ2n) is 5.13. The third kappa shape index (κ3) is 3.10. The van der Waals surface area contributed by atoms with Gasteiger partial charge in [0.1, 0.15) is 5.76 Å². The van der Waals surface area contributed by atoms with E-state index in [9.17, 15) is 4.79 Å². The van der Waals surface area contributed by atoms with Gasteiger partial charge in [0.15, 0.2) is 0 Å². The molecule has 2 N–H and O–H groups in total. The van der Waals surface area contributed by atoms with E-state index in [0.717, 1.165) is 27.1 Å². The Hall–Kier alpha value is -1.82. The summed E-state index contributed by atoms with van der Waals surface area (Å²) in [5, 5.41) is 3.91. The quantitative estimate of drug-likeness (QED) is 0.861. The molecule has 1 heterocycles. The fourth-order valence-electron chi connectivity index (χ4n) is 2.16. The highest BCUT2D eigenvalue weighted by Gasteiger charge is 2.19. The Kier molecular flexibility index (Phi) is 4.37. The summed E-state index contributed by atoms with van der Waals surface area (Å²) in [4.78, 5) is 14.3. The lowest BCUT2D eigenvalue weighted by molar-refractivity contribution is 0.0784. The summed E-state index contributed by atoms with van der Waals surface area (Å²) in [6.45, 7) is 6.01.